The molecule has 0 aliphatic rings. The Morgan fingerprint density at radius 1 is 1.50 bits per heavy atom. The lowest BCUT2D eigenvalue weighted by atomic mass is 10.1. The first-order chi connectivity index (χ1) is 8.72. The average molecular weight is 249 g/mol. The van der Waals surface area contributed by atoms with Crippen molar-refractivity contribution in [1.29, 1.82) is 0 Å². The van der Waals surface area contributed by atoms with Crippen molar-refractivity contribution in [2.45, 2.75) is 6.10 Å². The summed E-state index contributed by atoms with van der Waals surface area (Å²) in [6, 6.07) is 7.30. The van der Waals surface area contributed by atoms with Gasteiger partial charge in [0, 0.05) is 19.0 Å². The minimum Gasteiger partial charge on any atom is -0.463 e. The lowest BCUT2D eigenvalue weighted by molar-refractivity contribution is 0.0610. The van der Waals surface area contributed by atoms with Crippen molar-refractivity contribution < 1.29 is 19.1 Å². The van der Waals surface area contributed by atoms with Gasteiger partial charge in [0.1, 0.15) is 11.8 Å². The lowest BCUT2D eigenvalue weighted by Crippen LogP contribution is -2.34. The molecule has 1 heterocycles. The third kappa shape index (κ3) is 2.69. The molecule has 0 fully saturated rings. The predicted octanol–water partition coefficient (Wildman–Crippen LogP) is 1.17. The van der Waals surface area contributed by atoms with Gasteiger partial charge in [-0.3, -0.25) is 4.79 Å². The zero-order chi connectivity index (χ0) is 13.0. The average Bonchev–Trinajstić information content (AvgIpc) is 2.80. The Balaban J connectivity index is 2.05. The molecule has 0 spiro atoms. The van der Waals surface area contributed by atoms with Gasteiger partial charge in [-0.2, -0.15) is 0 Å². The lowest BCUT2D eigenvalue weighted by Gasteiger charge is -2.09. The van der Waals surface area contributed by atoms with Gasteiger partial charge >= 0.3 is 0 Å². The molecule has 1 unspecified atom stereocenters. The zero-order valence-electron chi connectivity index (χ0n) is 10.1. The normalized spacial score (nSPS) is 12.6. The van der Waals surface area contributed by atoms with Crippen LogP contribution in [0.15, 0.2) is 34.9 Å². The Hall–Kier alpha value is -1.85. The van der Waals surface area contributed by atoms with E-state index >= 15 is 0 Å². The molecule has 1 aromatic heterocycles. The fraction of sp³-hybridized carbons (Fsp3) is 0.308. The fourth-order valence-electron chi connectivity index (χ4n) is 1.71. The minimum atomic E-state index is -0.711. The highest BCUT2D eigenvalue weighted by atomic mass is 16.5. The standard InChI is InChI=1S/C13H15NO4/c1-17-7-9(15)6-14-13(16)11-8-18-12-5-3-2-4-10(11)12/h2-5,8-9,15H,6-7H2,1H3,(H,14,16). The Labute approximate surface area is 104 Å². The number of methoxy groups -OCH3 is 1. The molecule has 1 aromatic carbocycles. The molecule has 0 radical (unpaired) electrons. The van der Waals surface area contributed by atoms with Crippen molar-refractivity contribution in [3.8, 4) is 0 Å². The van der Waals surface area contributed by atoms with Crippen LogP contribution in [0.4, 0.5) is 0 Å². The highest BCUT2D eigenvalue weighted by Crippen LogP contribution is 2.20. The predicted molar refractivity (Wildman–Crippen MR) is 66.4 cm³/mol. The van der Waals surface area contributed by atoms with E-state index in [9.17, 15) is 9.90 Å². The molecule has 2 aromatic rings. The Bertz CT molecular complexity index is 535. The van der Waals surface area contributed by atoms with E-state index in [-0.39, 0.29) is 19.1 Å². The van der Waals surface area contributed by atoms with Gasteiger partial charge in [0.15, 0.2) is 0 Å². The first-order valence-corrected chi connectivity index (χ1v) is 5.64. The van der Waals surface area contributed by atoms with Crippen LogP contribution in [-0.2, 0) is 4.74 Å². The van der Waals surface area contributed by atoms with Crippen LogP contribution in [0.3, 0.4) is 0 Å². The third-order valence-electron chi connectivity index (χ3n) is 2.58. The molecule has 0 saturated heterocycles. The molecule has 0 aliphatic carbocycles. The quantitative estimate of drug-likeness (QED) is 0.834. The van der Waals surface area contributed by atoms with Crippen LogP contribution in [-0.4, -0.2) is 37.4 Å². The van der Waals surface area contributed by atoms with E-state index < -0.39 is 6.10 Å². The summed E-state index contributed by atoms with van der Waals surface area (Å²) in [7, 11) is 1.49. The summed E-state index contributed by atoms with van der Waals surface area (Å²) in [5.74, 6) is -0.268. The van der Waals surface area contributed by atoms with Gasteiger partial charge in [-0.05, 0) is 6.07 Å². The van der Waals surface area contributed by atoms with Gasteiger partial charge in [0.2, 0.25) is 0 Å². The number of para-hydroxylation sites is 1. The smallest absolute Gasteiger partial charge is 0.255 e. The Morgan fingerprint density at radius 3 is 3.06 bits per heavy atom. The number of aliphatic hydroxyl groups excluding tert-OH is 1. The van der Waals surface area contributed by atoms with Crippen LogP contribution >= 0.6 is 0 Å². The molecule has 18 heavy (non-hydrogen) atoms. The minimum absolute atomic E-state index is 0.145. The van der Waals surface area contributed by atoms with Crippen molar-refractivity contribution in [3.63, 3.8) is 0 Å². The van der Waals surface area contributed by atoms with Gasteiger partial charge in [-0.15, -0.1) is 0 Å². The maximum atomic E-state index is 11.9. The van der Waals surface area contributed by atoms with E-state index in [2.05, 4.69) is 5.32 Å². The third-order valence-corrected chi connectivity index (χ3v) is 2.58. The molecule has 0 saturated carbocycles. The van der Waals surface area contributed by atoms with E-state index in [0.717, 1.165) is 5.39 Å². The summed E-state index contributed by atoms with van der Waals surface area (Å²) in [6.45, 7) is 0.332. The van der Waals surface area contributed by atoms with Gasteiger partial charge in [-0.1, -0.05) is 18.2 Å². The van der Waals surface area contributed by atoms with Gasteiger partial charge in [-0.25, -0.2) is 0 Å². The summed E-state index contributed by atoms with van der Waals surface area (Å²) in [4.78, 5) is 11.9. The topological polar surface area (TPSA) is 71.7 Å². The second-order valence-electron chi connectivity index (χ2n) is 3.96. The van der Waals surface area contributed by atoms with Gasteiger partial charge in [0.25, 0.3) is 5.91 Å². The number of furan rings is 1. The van der Waals surface area contributed by atoms with Crippen LogP contribution in [0.5, 0.6) is 0 Å². The SMILES string of the molecule is COCC(O)CNC(=O)c1coc2ccccc12. The van der Waals surface area contributed by atoms with Crippen molar-refractivity contribution in [3.05, 3.63) is 36.1 Å². The van der Waals surface area contributed by atoms with Crippen molar-refractivity contribution in [2.75, 3.05) is 20.3 Å². The van der Waals surface area contributed by atoms with Crippen molar-refractivity contribution in [1.82, 2.24) is 5.32 Å². The second kappa shape index (κ2) is 5.66. The van der Waals surface area contributed by atoms with Crippen LogP contribution in [0.2, 0.25) is 0 Å². The summed E-state index contributed by atoms with van der Waals surface area (Å²) in [6.07, 6.45) is 0.708. The number of carbonyl (C=O) groups is 1. The van der Waals surface area contributed by atoms with E-state index in [1.807, 2.05) is 18.2 Å². The molecule has 96 valence electrons. The Morgan fingerprint density at radius 2 is 2.28 bits per heavy atom. The molecular weight excluding hydrogens is 234 g/mol. The van der Waals surface area contributed by atoms with E-state index in [1.54, 1.807) is 6.07 Å². The number of benzene rings is 1. The van der Waals surface area contributed by atoms with E-state index in [4.69, 9.17) is 9.15 Å². The fourth-order valence-corrected chi connectivity index (χ4v) is 1.71. The number of hydrogen-bond donors (Lipinski definition) is 2. The van der Waals surface area contributed by atoms with Crippen LogP contribution in [0.25, 0.3) is 11.0 Å². The van der Waals surface area contributed by atoms with Crippen LogP contribution in [0, 0.1) is 0 Å². The van der Waals surface area contributed by atoms with E-state index in [0.29, 0.717) is 11.1 Å². The van der Waals surface area contributed by atoms with Crippen LogP contribution < -0.4 is 5.32 Å². The molecule has 2 rings (SSSR count). The van der Waals surface area contributed by atoms with E-state index in [1.165, 1.54) is 13.4 Å². The summed E-state index contributed by atoms with van der Waals surface area (Å²) >= 11 is 0. The van der Waals surface area contributed by atoms with Gasteiger partial charge in [0.05, 0.1) is 18.3 Å². The van der Waals surface area contributed by atoms with Crippen molar-refractivity contribution in [2.24, 2.45) is 0 Å². The highest BCUT2D eigenvalue weighted by molar-refractivity contribution is 6.05. The van der Waals surface area contributed by atoms with Crippen molar-refractivity contribution >= 4 is 16.9 Å². The number of carbonyl (C=O) groups excluding carboxylic acids is 1. The molecular formula is C13H15NO4. The zero-order valence-corrected chi connectivity index (χ0v) is 10.1. The summed E-state index contributed by atoms with van der Waals surface area (Å²) in [5.41, 5.74) is 1.13. The molecule has 2 N–H and O–H groups in total. The highest BCUT2D eigenvalue weighted by Gasteiger charge is 2.14. The molecule has 5 nitrogen and oxygen atoms in total. The summed E-state index contributed by atoms with van der Waals surface area (Å²) in [5, 5.41) is 12.8. The molecule has 5 heteroatoms. The maximum Gasteiger partial charge on any atom is 0.255 e. The molecule has 1 atom stereocenters. The Kier molecular flexibility index (Phi) is 3.96. The largest absolute Gasteiger partial charge is 0.463 e. The monoisotopic (exact) mass is 249 g/mol. The number of ether oxygens (including phenoxy) is 1. The number of fused-ring (bicyclic) bond motifs is 1. The number of hydrogen-bond acceptors (Lipinski definition) is 4. The van der Waals surface area contributed by atoms with Gasteiger partial charge < -0.3 is 19.6 Å². The number of amides is 1. The number of aliphatic hydroxyl groups is 1. The molecule has 1 amide bonds. The second-order valence-corrected chi connectivity index (χ2v) is 3.96. The number of nitrogens with one attached hydrogen (secondary N) is 1. The number of rotatable bonds is 5. The first kappa shape index (κ1) is 12.6. The molecule has 0 aliphatic heterocycles. The first-order valence-electron chi connectivity index (χ1n) is 5.64. The molecule has 0 bridgehead atoms. The maximum absolute atomic E-state index is 11.9. The van der Waals surface area contributed by atoms with Crippen LogP contribution in [0.1, 0.15) is 10.4 Å². The summed E-state index contributed by atoms with van der Waals surface area (Å²) < 4.78 is 10.1.